The van der Waals surface area contributed by atoms with E-state index in [1.807, 2.05) is 31.2 Å². The van der Waals surface area contributed by atoms with E-state index in [1.54, 1.807) is 0 Å². The van der Waals surface area contributed by atoms with Crippen LogP contribution < -0.4 is 10.1 Å². The average Bonchev–Trinajstić information content (AvgIpc) is 3.44. The van der Waals surface area contributed by atoms with Crippen molar-refractivity contribution in [1.29, 1.82) is 0 Å². The van der Waals surface area contributed by atoms with Gasteiger partial charge in [-0.3, -0.25) is 14.9 Å². The number of halogens is 1. The van der Waals surface area contributed by atoms with Crippen molar-refractivity contribution in [3.8, 4) is 5.75 Å². The molecule has 2 aromatic rings. The molecular weight excluding hydrogens is 356 g/mol. The molecule has 26 heavy (non-hydrogen) atoms. The third-order valence-corrected chi connectivity index (χ3v) is 4.63. The molecule has 0 heterocycles. The van der Waals surface area contributed by atoms with Crippen molar-refractivity contribution in [2.24, 2.45) is 5.92 Å². The highest BCUT2D eigenvalue weighted by Crippen LogP contribution is 2.41. The molecule has 0 aromatic heterocycles. The number of benzene rings is 2. The highest BCUT2D eigenvalue weighted by molar-refractivity contribution is 6.32. The van der Waals surface area contributed by atoms with Crippen LogP contribution in [0.2, 0.25) is 5.02 Å². The zero-order valence-electron chi connectivity index (χ0n) is 14.3. The lowest BCUT2D eigenvalue weighted by molar-refractivity contribution is -0.384. The van der Waals surface area contributed by atoms with Gasteiger partial charge in [-0.15, -0.1) is 0 Å². The van der Waals surface area contributed by atoms with E-state index in [9.17, 15) is 14.9 Å². The van der Waals surface area contributed by atoms with Gasteiger partial charge in [0.05, 0.1) is 16.0 Å². The fraction of sp³-hybridized carbons (Fsp3) is 0.316. The summed E-state index contributed by atoms with van der Waals surface area (Å²) in [5, 5.41) is 13.8. The Bertz CT molecular complexity index is 819. The van der Waals surface area contributed by atoms with E-state index in [4.69, 9.17) is 16.3 Å². The third kappa shape index (κ3) is 4.52. The lowest BCUT2D eigenvalue weighted by atomic mass is 10.0. The Morgan fingerprint density at radius 3 is 2.58 bits per heavy atom. The summed E-state index contributed by atoms with van der Waals surface area (Å²) in [6.07, 6.45) is 2.18. The van der Waals surface area contributed by atoms with Crippen LogP contribution in [0.5, 0.6) is 5.75 Å². The second kappa shape index (κ2) is 7.74. The maximum atomic E-state index is 12.3. The molecule has 2 aromatic carbocycles. The second-order valence-electron chi connectivity index (χ2n) is 6.45. The minimum atomic E-state index is -0.538. The number of carbonyl (C=O) groups excluding carboxylic acids is 1. The largest absolute Gasteiger partial charge is 0.482 e. The van der Waals surface area contributed by atoms with Crippen LogP contribution in [0.1, 0.15) is 30.0 Å². The van der Waals surface area contributed by atoms with Gasteiger partial charge in [0.25, 0.3) is 11.6 Å². The Morgan fingerprint density at radius 1 is 1.31 bits per heavy atom. The van der Waals surface area contributed by atoms with Crippen molar-refractivity contribution in [2.75, 3.05) is 6.61 Å². The average molecular weight is 375 g/mol. The van der Waals surface area contributed by atoms with Gasteiger partial charge in [-0.25, -0.2) is 0 Å². The van der Waals surface area contributed by atoms with Crippen LogP contribution in [0, 0.1) is 23.0 Å². The molecule has 136 valence electrons. The summed E-state index contributed by atoms with van der Waals surface area (Å²) >= 11 is 5.97. The number of nitro benzene ring substituents is 1. The fourth-order valence-electron chi connectivity index (χ4n) is 2.76. The van der Waals surface area contributed by atoms with Gasteiger partial charge in [0.1, 0.15) is 5.75 Å². The Balaban J connectivity index is 1.61. The van der Waals surface area contributed by atoms with Crippen LogP contribution >= 0.6 is 11.6 Å². The Hall–Kier alpha value is -2.60. The first-order valence-electron chi connectivity index (χ1n) is 8.36. The molecule has 0 radical (unpaired) electrons. The van der Waals surface area contributed by atoms with Crippen molar-refractivity contribution >= 4 is 23.2 Å². The maximum Gasteiger partial charge on any atom is 0.271 e. The van der Waals surface area contributed by atoms with E-state index in [0.29, 0.717) is 5.92 Å². The molecule has 1 atom stereocenters. The number of nitrogens with one attached hydrogen (secondary N) is 1. The molecule has 6 nitrogen and oxygen atoms in total. The van der Waals surface area contributed by atoms with E-state index >= 15 is 0 Å². The summed E-state index contributed by atoms with van der Waals surface area (Å²) < 4.78 is 5.42. The monoisotopic (exact) mass is 374 g/mol. The molecule has 0 bridgehead atoms. The molecule has 0 spiro atoms. The van der Waals surface area contributed by atoms with Crippen molar-refractivity contribution in [3.63, 3.8) is 0 Å². The Labute approximate surface area is 156 Å². The lowest BCUT2D eigenvalue weighted by Crippen LogP contribution is -2.33. The number of nitro groups is 1. The maximum absolute atomic E-state index is 12.3. The van der Waals surface area contributed by atoms with Crippen LogP contribution in [0.4, 0.5) is 5.69 Å². The number of non-ortho nitro benzene ring substituents is 1. The molecule has 1 amide bonds. The zero-order valence-corrected chi connectivity index (χ0v) is 15.0. The molecule has 1 N–H and O–H groups in total. The number of ether oxygens (including phenoxy) is 1. The van der Waals surface area contributed by atoms with Gasteiger partial charge >= 0.3 is 0 Å². The summed E-state index contributed by atoms with van der Waals surface area (Å²) in [5.41, 5.74) is 2.13. The molecule has 7 heteroatoms. The predicted molar refractivity (Wildman–Crippen MR) is 98.4 cm³/mol. The number of rotatable bonds is 7. The smallest absolute Gasteiger partial charge is 0.271 e. The highest BCUT2D eigenvalue weighted by atomic mass is 35.5. The number of carbonyl (C=O) groups is 1. The molecule has 1 saturated carbocycles. The number of nitrogens with zero attached hydrogens (tertiary/aromatic N) is 1. The van der Waals surface area contributed by atoms with Crippen LogP contribution in [-0.2, 0) is 4.79 Å². The summed E-state index contributed by atoms with van der Waals surface area (Å²) in [6, 6.07) is 12.0. The molecule has 0 saturated heterocycles. The molecule has 1 aliphatic carbocycles. The second-order valence-corrected chi connectivity index (χ2v) is 6.86. The summed E-state index contributed by atoms with van der Waals surface area (Å²) in [5.74, 6) is 0.437. The standard InChI is InChI=1S/C19H19ClN2O4/c1-12-2-4-13(5-3-12)19(14-6-7-14)21-18(23)11-26-17-9-8-15(22(24)25)10-16(17)20/h2-5,8-10,14,19H,6-7,11H2,1H3,(H,21,23). The zero-order chi connectivity index (χ0) is 18.7. The SMILES string of the molecule is Cc1ccc(C(NC(=O)COc2ccc([N+](=O)[O-])cc2Cl)C2CC2)cc1. The van der Waals surface area contributed by atoms with Crippen molar-refractivity contribution in [3.05, 3.63) is 68.7 Å². The van der Waals surface area contributed by atoms with E-state index in [2.05, 4.69) is 5.32 Å². The minimum Gasteiger partial charge on any atom is -0.482 e. The van der Waals surface area contributed by atoms with Crippen LogP contribution in [0.15, 0.2) is 42.5 Å². The van der Waals surface area contributed by atoms with Gasteiger partial charge in [-0.1, -0.05) is 41.4 Å². The van der Waals surface area contributed by atoms with E-state index < -0.39 is 4.92 Å². The van der Waals surface area contributed by atoms with E-state index in [-0.39, 0.29) is 35.0 Å². The summed E-state index contributed by atoms with van der Waals surface area (Å²) in [6.45, 7) is 1.82. The fourth-order valence-corrected chi connectivity index (χ4v) is 2.98. The normalized spacial score (nSPS) is 14.5. The first-order chi connectivity index (χ1) is 12.4. The molecule has 1 unspecified atom stereocenters. The summed E-state index contributed by atoms with van der Waals surface area (Å²) in [4.78, 5) is 22.5. The van der Waals surface area contributed by atoms with Gasteiger partial charge in [0.15, 0.2) is 6.61 Å². The van der Waals surface area contributed by atoms with Crippen LogP contribution in [-0.4, -0.2) is 17.4 Å². The van der Waals surface area contributed by atoms with Crippen molar-refractivity contribution in [2.45, 2.75) is 25.8 Å². The number of hydrogen-bond donors (Lipinski definition) is 1. The van der Waals surface area contributed by atoms with Crippen LogP contribution in [0.25, 0.3) is 0 Å². The molecule has 1 fully saturated rings. The Morgan fingerprint density at radius 2 is 2.00 bits per heavy atom. The summed E-state index contributed by atoms with van der Waals surface area (Å²) in [7, 11) is 0. The van der Waals surface area contributed by atoms with E-state index in [0.717, 1.165) is 18.4 Å². The number of hydrogen-bond acceptors (Lipinski definition) is 4. The topological polar surface area (TPSA) is 81.5 Å². The minimum absolute atomic E-state index is 0.0287. The molecular formula is C19H19ClN2O4. The van der Waals surface area contributed by atoms with Gasteiger partial charge in [0, 0.05) is 12.1 Å². The lowest BCUT2D eigenvalue weighted by Gasteiger charge is -2.19. The molecule has 3 rings (SSSR count). The Kier molecular flexibility index (Phi) is 5.42. The van der Waals surface area contributed by atoms with Gasteiger partial charge in [0.2, 0.25) is 0 Å². The van der Waals surface area contributed by atoms with Gasteiger partial charge < -0.3 is 10.1 Å². The quantitative estimate of drug-likeness (QED) is 0.581. The van der Waals surface area contributed by atoms with Gasteiger partial charge in [-0.05, 0) is 37.3 Å². The van der Waals surface area contributed by atoms with Crippen molar-refractivity contribution < 1.29 is 14.5 Å². The third-order valence-electron chi connectivity index (χ3n) is 4.33. The van der Waals surface area contributed by atoms with E-state index in [1.165, 1.54) is 23.8 Å². The highest BCUT2D eigenvalue weighted by Gasteiger charge is 2.33. The van der Waals surface area contributed by atoms with Gasteiger partial charge in [-0.2, -0.15) is 0 Å². The first-order valence-corrected chi connectivity index (χ1v) is 8.74. The van der Waals surface area contributed by atoms with Crippen molar-refractivity contribution in [1.82, 2.24) is 5.32 Å². The molecule has 1 aliphatic rings. The molecule has 0 aliphatic heterocycles. The van der Waals surface area contributed by atoms with Crippen LogP contribution in [0.3, 0.4) is 0 Å². The first kappa shape index (κ1) is 18.2. The predicted octanol–water partition coefficient (Wildman–Crippen LogP) is 4.20. The number of aryl methyl sites for hydroxylation is 1. The number of amides is 1.